The smallest absolute Gasteiger partial charge is 0.292 e. The van der Waals surface area contributed by atoms with Gasteiger partial charge in [-0.25, -0.2) is 17.5 Å². The molecular formula is C11H17ClFN3O5S. The Labute approximate surface area is 133 Å². The topological polar surface area (TPSA) is 111 Å². The van der Waals surface area contributed by atoms with Crippen LogP contribution in [0.25, 0.3) is 0 Å². The Bertz CT molecular complexity index is 599. The van der Waals surface area contributed by atoms with Crippen molar-refractivity contribution in [1.29, 1.82) is 0 Å². The number of ether oxygens (including phenoxy) is 1. The summed E-state index contributed by atoms with van der Waals surface area (Å²) in [6.07, 6.45) is 0. The largest absolute Gasteiger partial charge is 0.383 e. The van der Waals surface area contributed by atoms with Gasteiger partial charge in [0.1, 0.15) is 5.82 Å². The Morgan fingerprint density at radius 2 is 2.00 bits per heavy atom. The molecule has 1 aromatic carbocycles. The fourth-order valence-corrected chi connectivity index (χ4v) is 2.81. The average molecular weight is 358 g/mol. The van der Waals surface area contributed by atoms with Crippen LogP contribution in [-0.2, 0) is 14.8 Å². The summed E-state index contributed by atoms with van der Waals surface area (Å²) in [7, 11) is -2.77. The number of benzene rings is 1. The van der Waals surface area contributed by atoms with Crippen LogP contribution in [0.4, 0.5) is 10.1 Å². The second kappa shape index (κ2) is 9.64. The molecule has 0 heterocycles. The molecule has 1 aromatic rings. The van der Waals surface area contributed by atoms with Gasteiger partial charge in [0.2, 0.25) is 10.0 Å². The Balaban J connectivity index is 0.00000441. The van der Waals surface area contributed by atoms with E-state index in [9.17, 15) is 22.9 Å². The average Bonchev–Trinajstić information content (AvgIpc) is 2.42. The summed E-state index contributed by atoms with van der Waals surface area (Å²) >= 11 is 0. The summed E-state index contributed by atoms with van der Waals surface area (Å²) in [5.41, 5.74) is -0.796. The molecule has 22 heavy (non-hydrogen) atoms. The first kappa shape index (κ1) is 20.7. The van der Waals surface area contributed by atoms with Crippen molar-refractivity contribution in [3.05, 3.63) is 34.1 Å². The van der Waals surface area contributed by atoms with Crippen LogP contribution in [0.2, 0.25) is 0 Å². The predicted molar refractivity (Wildman–Crippen MR) is 80.2 cm³/mol. The fraction of sp³-hybridized carbons (Fsp3) is 0.455. The molecule has 2 N–H and O–H groups in total. The number of nitro groups is 1. The molecule has 0 aliphatic carbocycles. The zero-order chi connectivity index (χ0) is 15.9. The van der Waals surface area contributed by atoms with Gasteiger partial charge in [0.15, 0.2) is 4.90 Å². The maximum Gasteiger partial charge on any atom is 0.292 e. The van der Waals surface area contributed by atoms with E-state index in [0.29, 0.717) is 13.2 Å². The van der Waals surface area contributed by atoms with Crippen molar-refractivity contribution < 1.29 is 22.5 Å². The van der Waals surface area contributed by atoms with Gasteiger partial charge in [-0.1, -0.05) is 6.07 Å². The monoisotopic (exact) mass is 357 g/mol. The summed E-state index contributed by atoms with van der Waals surface area (Å²) in [5.74, 6) is -1.16. The van der Waals surface area contributed by atoms with Gasteiger partial charge in [0.05, 0.1) is 11.5 Å². The van der Waals surface area contributed by atoms with Crippen molar-refractivity contribution in [2.45, 2.75) is 4.90 Å². The second-order valence-corrected chi connectivity index (χ2v) is 5.69. The molecule has 0 bridgehead atoms. The third-order valence-corrected chi connectivity index (χ3v) is 4.01. The van der Waals surface area contributed by atoms with E-state index in [1.165, 1.54) is 7.11 Å². The zero-order valence-electron chi connectivity index (χ0n) is 11.7. The van der Waals surface area contributed by atoms with E-state index in [4.69, 9.17) is 4.74 Å². The number of methoxy groups -OCH3 is 1. The quantitative estimate of drug-likeness (QED) is 0.382. The number of rotatable bonds is 9. The Morgan fingerprint density at radius 1 is 1.32 bits per heavy atom. The molecule has 0 radical (unpaired) electrons. The van der Waals surface area contributed by atoms with Crippen LogP contribution in [0.15, 0.2) is 23.1 Å². The molecular weight excluding hydrogens is 341 g/mol. The molecule has 126 valence electrons. The first-order valence-corrected chi connectivity index (χ1v) is 7.50. The molecule has 0 saturated carbocycles. The molecule has 0 aliphatic heterocycles. The van der Waals surface area contributed by atoms with E-state index in [2.05, 4.69) is 10.0 Å². The number of sulfonamides is 1. The van der Waals surface area contributed by atoms with E-state index < -0.39 is 31.3 Å². The normalized spacial score (nSPS) is 11.0. The second-order valence-electron chi connectivity index (χ2n) is 3.99. The van der Waals surface area contributed by atoms with Crippen molar-refractivity contribution in [2.75, 3.05) is 33.4 Å². The van der Waals surface area contributed by atoms with Gasteiger partial charge in [0.25, 0.3) is 5.69 Å². The highest BCUT2D eigenvalue weighted by Gasteiger charge is 2.29. The first-order chi connectivity index (χ1) is 9.90. The minimum atomic E-state index is -4.30. The molecule has 0 spiro atoms. The van der Waals surface area contributed by atoms with Crippen molar-refractivity contribution in [2.24, 2.45) is 0 Å². The lowest BCUT2D eigenvalue weighted by atomic mass is 10.3. The zero-order valence-corrected chi connectivity index (χ0v) is 13.4. The number of nitro benzene ring substituents is 1. The highest BCUT2D eigenvalue weighted by atomic mass is 35.5. The molecule has 0 aromatic heterocycles. The maximum atomic E-state index is 13.6. The summed E-state index contributed by atoms with van der Waals surface area (Å²) in [6, 6.07) is 2.88. The van der Waals surface area contributed by atoms with Crippen molar-refractivity contribution >= 4 is 28.1 Å². The Hall–Kier alpha value is -1.33. The van der Waals surface area contributed by atoms with Crippen molar-refractivity contribution in [3.8, 4) is 0 Å². The molecule has 11 heteroatoms. The standard InChI is InChI=1S/C11H16FN3O5S.ClH/c1-20-8-7-13-5-6-14-21(18,19)11-9(12)3-2-4-10(11)15(16)17;/h2-4,13-14H,5-8H2,1H3;1H. The van der Waals surface area contributed by atoms with Crippen LogP contribution < -0.4 is 10.0 Å². The molecule has 1 rings (SSSR count). The lowest BCUT2D eigenvalue weighted by Gasteiger charge is -2.08. The molecule has 0 saturated heterocycles. The van der Waals surface area contributed by atoms with Crippen molar-refractivity contribution in [3.63, 3.8) is 0 Å². The Morgan fingerprint density at radius 3 is 2.59 bits per heavy atom. The molecule has 0 unspecified atom stereocenters. The van der Waals surface area contributed by atoms with Crippen LogP contribution in [-0.4, -0.2) is 46.7 Å². The minimum absolute atomic E-state index is 0. The maximum absolute atomic E-state index is 13.6. The molecule has 0 fully saturated rings. The third-order valence-electron chi connectivity index (χ3n) is 2.49. The summed E-state index contributed by atoms with van der Waals surface area (Å²) in [4.78, 5) is 8.90. The molecule has 0 aliphatic rings. The van der Waals surface area contributed by atoms with Crippen molar-refractivity contribution in [1.82, 2.24) is 10.0 Å². The molecule has 8 nitrogen and oxygen atoms in total. The van der Waals surface area contributed by atoms with Gasteiger partial charge in [-0.3, -0.25) is 10.1 Å². The Kier molecular flexibility index (Phi) is 9.06. The van der Waals surface area contributed by atoms with Gasteiger partial charge in [-0.2, -0.15) is 0 Å². The first-order valence-electron chi connectivity index (χ1n) is 6.02. The SMILES string of the molecule is COCCNCCNS(=O)(=O)c1c(F)cccc1[N+](=O)[O-].Cl. The van der Waals surface area contributed by atoms with Crippen LogP contribution in [0, 0.1) is 15.9 Å². The lowest BCUT2D eigenvalue weighted by Crippen LogP contribution is -2.33. The van der Waals surface area contributed by atoms with E-state index in [0.717, 1.165) is 18.2 Å². The van der Waals surface area contributed by atoms with Crippen LogP contribution in [0.5, 0.6) is 0 Å². The predicted octanol–water partition coefficient (Wildman–Crippen LogP) is 0.670. The third kappa shape index (κ3) is 5.81. The van der Waals surface area contributed by atoms with Gasteiger partial charge in [-0.05, 0) is 6.07 Å². The van der Waals surface area contributed by atoms with Crippen LogP contribution >= 0.6 is 12.4 Å². The number of nitrogens with one attached hydrogen (secondary N) is 2. The van der Waals surface area contributed by atoms with Crippen LogP contribution in [0.1, 0.15) is 0 Å². The highest BCUT2D eigenvalue weighted by molar-refractivity contribution is 7.89. The molecule has 0 amide bonds. The van der Waals surface area contributed by atoms with E-state index in [-0.39, 0.29) is 25.5 Å². The molecule has 0 atom stereocenters. The van der Waals surface area contributed by atoms with E-state index in [1.807, 2.05) is 0 Å². The summed E-state index contributed by atoms with van der Waals surface area (Å²) in [6.45, 7) is 1.24. The van der Waals surface area contributed by atoms with Gasteiger partial charge < -0.3 is 10.1 Å². The van der Waals surface area contributed by atoms with Gasteiger partial charge in [0, 0.05) is 32.8 Å². The summed E-state index contributed by atoms with van der Waals surface area (Å²) in [5, 5.41) is 13.7. The van der Waals surface area contributed by atoms with Crippen LogP contribution in [0.3, 0.4) is 0 Å². The lowest BCUT2D eigenvalue weighted by molar-refractivity contribution is -0.388. The highest BCUT2D eigenvalue weighted by Crippen LogP contribution is 2.25. The van der Waals surface area contributed by atoms with Gasteiger partial charge >= 0.3 is 0 Å². The number of hydrogen-bond acceptors (Lipinski definition) is 6. The minimum Gasteiger partial charge on any atom is -0.383 e. The summed E-state index contributed by atoms with van der Waals surface area (Å²) < 4.78 is 44.4. The number of nitrogens with zero attached hydrogens (tertiary/aromatic N) is 1. The number of hydrogen-bond donors (Lipinski definition) is 2. The fourth-order valence-electron chi connectivity index (χ4n) is 1.55. The van der Waals surface area contributed by atoms with Gasteiger partial charge in [-0.15, -0.1) is 12.4 Å². The number of halogens is 2. The van der Waals surface area contributed by atoms with E-state index >= 15 is 0 Å². The van der Waals surface area contributed by atoms with E-state index in [1.54, 1.807) is 0 Å².